The zero-order valence-corrected chi connectivity index (χ0v) is 11.5. The molecule has 3 rings (SSSR count). The molecule has 0 radical (unpaired) electrons. The first-order valence-corrected chi connectivity index (χ1v) is 6.90. The predicted molar refractivity (Wildman–Crippen MR) is 72.5 cm³/mol. The lowest BCUT2D eigenvalue weighted by molar-refractivity contribution is -0.140. The maximum atomic E-state index is 11.6. The first kappa shape index (κ1) is 13.0. The number of morpholine rings is 1. The number of hydrogen-bond donors (Lipinski definition) is 1. The van der Waals surface area contributed by atoms with Crippen LogP contribution in [0, 0.1) is 0 Å². The van der Waals surface area contributed by atoms with Gasteiger partial charge in [0.05, 0.1) is 10.9 Å². The van der Waals surface area contributed by atoms with E-state index in [4.69, 9.17) is 4.74 Å². The largest absolute Gasteiger partial charge is 0.486 e. The summed E-state index contributed by atoms with van der Waals surface area (Å²) >= 11 is 0.886. The van der Waals surface area contributed by atoms with Crippen molar-refractivity contribution < 1.29 is 19.1 Å². The van der Waals surface area contributed by atoms with Gasteiger partial charge in [-0.05, 0) is 29.5 Å². The number of rotatable bonds is 1. The number of thioether (sulfide) groups is 1. The number of hydrogen-bond acceptors (Lipinski definition) is 5. The number of carbonyl (C=O) groups is 3. The normalized spacial score (nSPS) is 27.9. The summed E-state index contributed by atoms with van der Waals surface area (Å²) in [5, 5.41) is 1.85. The molecule has 2 heterocycles. The third kappa shape index (κ3) is 2.24. The van der Waals surface area contributed by atoms with Crippen LogP contribution in [0.3, 0.4) is 0 Å². The van der Waals surface area contributed by atoms with Gasteiger partial charge in [-0.15, -0.1) is 0 Å². The van der Waals surface area contributed by atoms with Gasteiger partial charge in [0, 0.05) is 13.5 Å². The Labute approximate surface area is 119 Å². The van der Waals surface area contributed by atoms with E-state index in [0.717, 1.165) is 23.1 Å². The molecule has 1 aliphatic carbocycles. The van der Waals surface area contributed by atoms with E-state index < -0.39 is 0 Å². The average molecular weight is 292 g/mol. The van der Waals surface area contributed by atoms with Crippen molar-refractivity contribution in [2.75, 3.05) is 13.7 Å². The SMILES string of the molecule is CN1C(=O)COC2=CC=C(C=C3SC(=O)NC3=O)CC21. The van der Waals surface area contributed by atoms with E-state index in [-0.39, 0.29) is 29.7 Å². The first-order valence-electron chi connectivity index (χ1n) is 6.08. The van der Waals surface area contributed by atoms with Crippen LogP contribution in [0.15, 0.2) is 34.5 Å². The fourth-order valence-corrected chi connectivity index (χ4v) is 2.98. The number of fused-ring (bicyclic) bond motifs is 1. The van der Waals surface area contributed by atoms with Crippen LogP contribution in [0.1, 0.15) is 6.42 Å². The highest BCUT2D eigenvalue weighted by Gasteiger charge is 2.33. The van der Waals surface area contributed by atoms with Crippen LogP contribution in [-0.2, 0) is 14.3 Å². The molecule has 3 aliphatic rings. The Morgan fingerprint density at radius 3 is 2.90 bits per heavy atom. The summed E-state index contributed by atoms with van der Waals surface area (Å²) in [6, 6.07) is -0.140. The van der Waals surface area contributed by atoms with Gasteiger partial charge in [0.1, 0.15) is 5.76 Å². The van der Waals surface area contributed by atoms with Gasteiger partial charge < -0.3 is 9.64 Å². The van der Waals surface area contributed by atoms with Crippen molar-refractivity contribution in [3.63, 3.8) is 0 Å². The van der Waals surface area contributed by atoms with Crippen LogP contribution in [0.4, 0.5) is 4.79 Å². The third-order valence-corrected chi connectivity index (χ3v) is 4.21. The lowest BCUT2D eigenvalue weighted by Gasteiger charge is -2.36. The number of likely N-dealkylation sites (N-methyl/N-ethyl adjacent to an activating group) is 1. The molecule has 0 bridgehead atoms. The highest BCUT2D eigenvalue weighted by molar-refractivity contribution is 8.18. The summed E-state index contributed by atoms with van der Waals surface area (Å²) in [7, 11) is 1.74. The Bertz CT molecular complexity index is 605. The molecule has 0 aromatic rings. The van der Waals surface area contributed by atoms with Crippen LogP contribution in [0.2, 0.25) is 0 Å². The van der Waals surface area contributed by atoms with E-state index in [1.807, 2.05) is 12.2 Å². The van der Waals surface area contributed by atoms with Crippen LogP contribution in [0.5, 0.6) is 0 Å². The highest BCUT2D eigenvalue weighted by atomic mass is 32.2. The van der Waals surface area contributed by atoms with Crippen molar-refractivity contribution in [1.29, 1.82) is 0 Å². The molecule has 0 aromatic heterocycles. The van der Waals surface area contributed by atoms with Gasteiger partial charge in [0.2, 0.25) is 0 Å². The van der Waals surface area contributed by atoms with Gasteiger partial charge in [-0.1, -0.05) is 6.08 Å². The van der Waals surface area contributed by atoms with Crippen molar-refractivity contribution in [2.24, 2.45) is 0 Å². The zero-order chi connectivity index (χ0) is 14.3. The zero-order valence-electron chi connectivity index (χ0n) is 10.7. The van der Waals surface area contributed by atoms with Crippen LogP contribution < -0.4 is 5.32 Å². The van der Waals surface area contributed by atoms with Gasteiger partial charge in [0.25, 0.3) is 17.1 Å². The number of imide groups is 1. The fourth-order valence-electron chi connectivity index (χ4n) is 2.28. The minimum atomic E-state index is -0.375. The van der Waals surface area contributed by atoms with Crippen LogP contribution in [0.25, 0.3) is 0 Å². The second-order valence-corrected chi connectivity index (χ2v) is 5.69. The number of amides is 3. The molecular weight excluding hydrogens is 280 g/mol. The second-order valence-electron chi connectivity index (χ2n) is 4.68. The molecule has 2 fully saturated rings. The molecule has 20 heavy (non-hydrogen) atoms. The molecule has 2 saturated heterocycles. The van der Waals surface area contributed by atoms with E-state index in [0.29, 0.717) is 11.3 Å². The van der Waals surface area contributed by atoms with Crippen molar-refractivity contribution in [3.05, 3.63) is 34.5 Å². The molecule has 7 heteroatoms. The molecule has 2 aliphatic heterocycles. The average Bonchev–Trinajstić information content (AvgIpc) is 2.73. The number of carbonyl (C=O) groups excluding carboxylic acids is 3. The summed E-state index contributed by atoms with van der Waals surface area (Å²) in [5.41, 5.74) is 0.885. The Balaban J connectivity index is 1.83. The van der Waals surface area contributed by atoms with Gasteiger partial charge in [-0.2, -0.15) is 0 Å². The monoisotopic (exact) mass is 292 g/mol. The van der Waals surface area contributed by atoms with Crippen molar-refractivity contribution in [1.82, 2.24) is 10.2 Å². The summed E-state index contributed by atoms with van der Waals surface area (Å²) in [6.07, 6.45) is 5.91. The number of ether oxygens (including phenoxy) is 1. The number of allylic oxidation sites excluding steroid dienone is 3. The molecule has 0 saturated carbocycles. The summed E-state index contributed by atoms with van der Waals surface area (Å²) < 4.78 is 5.39. The minimum Gasteiger partial charge on any atom is -0.486 e. The Morgan fingerprint density at radius 1 is 1.40 bits per heavy atom. The van der Waals surface area contributed by atoms with Crippen LogP contribution in [-0.4, -0.2) is 41.6 Å². The molecule has 1 atom stereocenters. The third-order valence-electron chi connectivity index (χ3n) is 3.40. The Kier molecular flexibility index (Phi) is 3.13. The standard InChI is InChI=1S/C13H12N2O4S/c1-15-8-4-7(2-3-9(8)19-6-11(15)16)5-10-12(17)14-13(18)20-10/h2-3,5,8H,4,6H2,1H3,(H,14,17,18). The van der Waals surface area contributed by atoms with Gasteiger partial charge >= 0.3 is 0 Å². The van der Waals surface area contributed by atoms with Crippen molar-refractivity contribution in [2.45, 2.75) is 12.5 Å². The predicted octanol–water partition coefficient (Wildman–Crippen LogP) is 0.924. The number of nitrogens with zero attached hydrogens (tertiary/aromatic N) is 1. The van der Waals surface area contributed by atoms with E-state index in [2.05, 4.69) is 5.32 Å². The Hall–Kier alpha value is -2.02. The van der Waals surface area contributed by atoms with E-state index >= 15 is 0 Å². The van der Waals surface area contributed by atoms with E-state index in [1.54, 1.807) is 18.0 Å². The molecule has 0 spiro atoms. The highest BCUT2D eigenvalue weighted by Crippen LogP contribution is 2.31. The molecule has 1 N–H and O–H groups in total. The Morgan fingerprint density at radius 2 is 2.20 bits per heavy atom. The summed E-state index contributed by atoms with van der Waals surface area (Å²) in [4.78, 5) is 36.3. The van der Waals surface area contributed by atoms with Crippen molar-refractivity contribution in [3.8, 4) is 0 Å². The summed E-state index contributed by atoms with van der Waals surface area (Å²) in [6.45, 7) is 0.0653. The first-order chi connectivity index (χ1) is 9.54. The van der Waals surface area contributed by atoms with Gasteiger partial charge in [-0.25, -0.2) is 0 Å². The molecule has 0 aromatic carbocycles. The van der Waals surface area contributed by atoms with Gasteiger partial charge in [0.15, 0.2) is 6.61 Å². The lowest BCUT2D eigenvalue weighted by atomic mass is 9.96. The number of nitrogens with one attached hydrogen (secondary N) is 1. The molecule has 6 nitrogen and oxygen atoms in total. The summed E-state index contributed by atoms with van der Waals surface area (Å²) in [5.74, 6) is 0.318. The fraction of sp³-hybridized carbons (Fsp3) is 0.308. The second kappa shape index (κ2) is 4.82. The maximum Gasteiger partial charge on any atom is 0.290 e. The molecule has 1 unspecified atom stereocenters. The maximum absolute atomic E-state index is 11.6. The van der Waals surface area contributed by atoms with E-state index in [1.165, 1.54) is 0 Å². The van der Waals surface area contributed by atoms with Crippen LogP contribution >= 0.6 is 11.8 Å². The minimum absolute atomic E-state index is 0.0653. The lowest BCUT2D eigenvalue weighted by Crippen LogP contribution is -2.46. The molecule has 104 valence electrons. The van der Waals surface area contributed by atoms with Crippen molar-refractivity contribution >= 4 is 28.8 Å². The topological polar surface area (TPSA) is 75.7 Å². The van der Waals surface area contributed by atoms with E-state index in [9.17, 15) is 14.4 Å². The molecule has 3 amide bonds. The van der Waals surface area contributed by atoms with Gasteiger partial charge in [-0.3, -0.25) is 19.7 Å². The quantitative estimate of drug-likeness (QED) is 0.727. The molecular formula is C13H12N2O4S. The smallest absolute Gasteiger partial charge is 0.290 e.